The minimum absolute atomic E-state index is 0.0925. The van der Waals surface area contributed by atoms with Crippen molar-refractivity contribution in [2.45, 2.75) is 39.5 Å². The Labute approximate surface area is 215 Å². The smallest absolute Gasteiger partial charge is 0.252 e. The summed E-state index contributed by atoms with van der Waals surface area (Å²) < 4.78 is 7.44. The van der Waals surface area contributed by atoms with Gasteiger partial charge in [0.2, 0.25) is 0 Å². The summed E-state index contributed by atoms with van der Waals surface area (Å²) in [4.78, 5) is 18.2. The third kappa shape index (κ3) is 5.92. The van der Waals surface area contributed by atoms with E-state index >= 15 is 0 Å². The maximum absolute atomic E-state index is 13.0. The van der Waals surface area contributed by atoms with Gasteiger partial charge in [-0.3, -0.25) is 9.69 Å². The Hall–Kier alpha value is -4.30. The van der Waals surface area contributed by atoms with Crippen molar-refractivity contribution in [2.24, 2.45) is 0 Å². The minimum atomic E-state index is -0.0925. The molecule has 0 spiro atoms. The molecule has 0 saturated carbocycles. The Balaban J connectivity index is 1.43. The molecule has 5 rings (SSSR count). The number of H-pyrrole nitrogens is 1. The number of hydrogen-bond donors (Lipinski definition) is 1. The van der Waals surface area contributed by atoms with Gasteiger partial charge in [-0.1, -0.05) is 60.2 Å². The molecule has 5 aromatic rings. The summed E-state index contributed by atoms with van der Waals surface area (Å²) in [5, 5.41) is 13.5. The number of hydrogen-bond acceptors (Lipinski definition) is 6. The second kappa shape index (κ2) is 11.2. The van der Waals surface area contributed by atoms with Crippen molar-refractivity contribution >= 4 is 10.9 Å². The molecule has 3 aromatic carbocycles. The summed E-state index contributed by atoms with van der Waals surface area (Å²) >= 11 is 0. The van der Waals surface area contributed by atoms with E-state index in [1.54, 1.807) is 7.11 Å². The van der Waals surface area contributed by atoms with Crippen molar-refractivity contribution in [3.63, 3.8) is 0 Å². The molecule has 2 heterocycles. The summed E-state index contributed by atoms with van der Waals surface area (Å²) in [6, 6.07) is 26.2. The first-order valence-electron chi connectivity index (χ1n) is 12.3. The number of aromatic nitrogens is 5. The second-order valence-electron chi connectivity index (χ2n) is 9.23. The first-order valence-corrected chi connectivity index (χ1v) is 12.3. The van der Waals surface area contributed by atoms with Crippen LogP contribution in [-0.4, -0.2) is 37.2 Å². The van der Waals surface area contributed by atoms with Gasteiger partial charge in [0, 0.05) is 36.3 Å². The predicted molar refractivity (Wildman–Crippen MR) is 143 cm³/mol. The Morgan fingerprint density at radius 1 is 0.919 bits per heavy atom. The summed E-state index contributed by atoms with van der Waals surface area (Å²) in [5.74, 6) is 1.55. The largest absolute Gasteiger partial charge is 0.496 e. The molecule has 0 saturated heterocycles. The van der Waals surface area contributed by atoms with E-state index in [4.69, 9.17) is 4.74 Å². The molecule has 0 amide bonds. The zero-order chi connectivity index (χ0) is 25.6. The van der Waals surface area contributed by atoms with Crippen LogP contribution in [0.25, 0.3) is 10.9 Å². The molecular weight excluding hydrogens is 464 g/mol. The van der Waals surface area contributed by atoms with Gasteiger partial charge < -0.3 is 9.72 Å². The normalized spacial score (nSPS) is 11.3. The van der Waals surface area contributed by atoms with Crippen molar-refractivity contribution < 1.29 is 4.74 Å². The second-order valence-corrected chi connectivity index (χ2v) is 9.23. The maximum Gasteiger partial charge on any atom is 0.252 e. The highest BCUT2D eigenvalue weighted by molar-refractivity contribution is 5.79. The van der Waals surface area contributed by atoms with Crippen LogP contribution in [0.4, 0.5) is 0 Å². The highest BCUT2D eigenvalue weighted by Crippen LogP contribution is 2.22. The SMILES string of the molecule is COc1ccccc1CN(Cc1cc2cc(C)ccc2[nH]c1=O)Cc1nnnn1CCc1ccccc1. The molecule has 0 radical (unpaired) electrons. The van der Waals surface area contributed by atoms with Crippen molar-refractivity contribution in [1.82, 2.24) is 30.1 Å². The van der Waals surface area contributed by atoms with Crippen molar-refractivity contribution in [2.75, 3.05) is 7.11 Å². The van der Waals surface area contributed by atoms with Gasteiger partial charge in [-0.25, -0.2) is 4.68 Å². The van der Waals surface area contributed by atoms with E-state index in [9.17, 15) is 4.79 Å². The molecule has 0 atom stereocenters. The number of tetrazole rings is 1. The number of nitrogens with zero attached hydrogens (tertiary/aromatic N) is 5. The van der Waals surface area contributed by atoms with Crippen LogP contribution >= 0.6 is 0 Å². The number of benzene rings is 3. The van der Waals surface area contributed by atoms with E-state index in [0.29, 0.717) is 31.7 Å². The van der Waals surface area contributed by atoms with Crippen LogP contribution in [0.15, 0.2) is 83.7 Å². The predicted octanol–water partition coefficient (Wildman–Crippen LogP) is 4.28. The van der Waals surface area contributed by atoms with Crippen molar-refractivity contribution in [3.8, 4) is 5.75 Å². The summed E-state index contributed by atoms with van der Waals surface area (Å²) in [5.41, 5.74) is 4.84. The number of aromatic amines is 1. The first-order chi connectivity index (χ1) is 18.1. The van der Waals surface area contributed by atoms with Gasteiger partial charge in [-0.05, 0) is 59.0 Å². The fourth-order valence-electron chi connectivity index (χ4n) is 4.56. The molecule has 1 N–H and O–H groups in total. The quantitative estimate of drug-likeness (QED) is 0.312. The standard InChI is InChI=1S/C29H30N6O2/c1-21-12-13-26-24(16-21)17-25(29(36)30-26)19-34(18-23-10-6-7-11-27(23)37-2)20-28-31-32-33-35(28)15-14-22-8-4-3-5-9-22/h3-13,16-17H,14-15,18-20H2,1-2H3,(H,30,36). The molecular formula is C29H30N6O2. The Morgan fingerprint density at radius 2 is 1.70 bits per heavy atom. The highest BCUT2D eigenvalue weighted by Gasteiger charge is 2.17. The van der Waals surface area contributed by atoms with E-state index in [1.807, 2.05) is 72.3 Å². The van der Waals surface area contributed by atoms with Crippen LogP contribution in [0.3, 0.4) is 0 Å². The molecule has 0 aliphatic carbocycles. The number of para-hydroxylation sites is 1. The Kier molecular flexibility index (Phi) is 7.37. The number of methoxy groups -OCH3 is 1. The molecule has 2 aromatic heterocycles. The van der Waals surface area contributed by atoms with Crippen LogP contribution in [0.2, 0.25) is 0 Å². The van der Waals surface area contributed by atoms with Crippen LogP contribution < -0.4 is 10.3 Å². The Morgan fingerprint density at radius 3 is 2.54 bits per heavy atom. The highest BCUT2D eigenvalue weighted by atomic mass is 16.5. The molecule has 8 heteroatoms. The van der Waals surface area contributed by atoms with Gasteiger partial charge in [0.05, 0.1) is 13.7 Å². The van der Waals surface area contributed by atoms with Crippen LogP contribution in [-0.2, 0) is 32.6 Å². The number of fused-ring (bicyclic) bond motifs is 1. The van der Waals surface area contributed by atoms with E-state index in [2.05, 4.69) is 43.6 Å². The minimum Gasteiger partial charge on any atom is -0.496 e. The van der Waals surface area contributed by atoms with Gasteiger partial charge in [0.25, 0.3) is 5.56 Å². The molecule has 8 nitrogen and oxygen atoms in total. The van der Waals surface area contributed by atoms with Gasteiger partial charge in [-0.15, -0.1) is 5.10 Å². The monoisotopic (exact) mass is 494 g/mol. The first kappa shape index (κ1) is 24.4. The fraction of sp³-hybridized carbons (Fsp3) is 0.241. The van der Waals surface area contributed by atoms with E-state index in [-0.39, 0.29) is 5.56 Å². The molecule has 0 fully saturated rings. The van der Waals surface area contributed by atoms with E-state index in [0.717, 1.165) is 40.0 Å². The van der Waals surface area contributed by atoms with Gasteiger partial charge >= 0.3 is 0 Å². The molecule has 0 unspecified atom stereocenters. The topological polar surface area (TPSA) is 88.9 Å². The molecule has 188 valence electrons. The maximum atomic E-state index is 13.0. The van der Waals surface area contributed by atoms with Crippen LogP contribution in [0.5, 0.6) is 5.75 Å². The third-order valence-corrected chi connectivity index (χ3v) is 6.48. The van der Waals surface area contributed by atoms with Gasteiger partial charge in [0.15, 0.2) is 5.82 Å². The summed E-state index contributed by atoms with van der Waals surface area (Å²) in [6.07, 6.45) is 0.828. The Bertz CT molecular complexity index is 1540. The van der Waals surface area contributed by atoms with E-state index in [1.165, 1.54) is 5.56 Å². The average molecular weight is 495 g/mol. The van der Waals surface area contributed by atoms with E-state index < -0.39 is 0 Å². The molecule has 0 bridgehead atoms. The lowest BCUT2D eigenvalue weighted by molar-refractivity contribution is 0.231. The number of nitrogens with one attached hydrogen (secondary N) is 1. The third-order valence-electron chi connectivity index (χ3n) is 6.48. The number of aryl methyl sites for hydroxylation is 3. The zero-order valence-electron chi connectivity index (χ0n) is 21.1. The summed E-state index contributed by atoms with van der Waals surface area (Å²) in [6.45, 7) is 4.20. The van der Waals surface area contributed by atoms with Gasteiger partial charge in [-0.2, -0.15) is 0 Å². The number of ether oxygens (including phenoxy) is 1. The van der Waals surface area contributed by atoms with Crippen molar-refractivity contribution in [1.29, 1.82) is 0 Å². The van der Waals surface area contributed by atoms with Crippen LogP contribution in [0, 0.1) is 6.92 Å². The summed E-state index contributed by atoms with van der Waals surface area (Å²) in [7, 11) is 1.67. The lowest BCUT2D eigenvalue weighted by Crippen LogP contribution is -2.28. The lowest BCUT2D eigenvalue weighted by Gasteiger charge is -2.23. The molecule has 0 aliphatic heterocycles. The molecule has 0 aliphatic rings. The van der Waals surface area contributed by atoms with Gasteiger partial charge in [0.1, 0.15) is 5.75 Å². The molecule has 37 heavy (non-hydrogen) atoms. The van der Waals surface area contributed by atoms with Crippen molar-refractivity contribution in [3.05, 3.63) is 117 Å². The number of pyridine rings is 1. The van der Waals surface area contributed by atoms with Crippen LogP contribution in [0.1, 0.15) is 28.1 Å². The fourth-order valence-corrected chi connectivity index (χ4v) is 4.56. The average Bonchev–Trinajstić information content (AvgIpc) is 3.35. The lowest BCUT2D eigenvalue weighted by atomic mass is 10.1. The number of rotatable bonds is 10. The zero-order valence-corrected chi connectivity index (χ0v) is 21.1.